The van der Waals surface area contributed by atoms with Crippen molar-refractivity contribution in [2.45, 2.75) is 20.0 Å². The van der Waals surface area contributed by atoms with Crippen LogP contribution < -0.4 is 15.1 Å². The highest BCUT2D eigenvalue weighted by Gasteiger charge is 2.12. The Bertz CT molecular complexity index is 750. The topological polar surface area (TPSA) is 63.2 Å². The van der Waals surface area contributed by atoms with Gasteiger partial charge in [-0.3, -0.25) is 4.79 Å². The summed E-state index contributed by atoms with van der Waals surface area (Å²) in [7, 11) is 0. The van der Waals surface area contributed by atoms with Gasteiger partial charge in [-0.1, -0.05) is 0 Å². The van der Waals surface area contributed by atoms with Crippen LogP contribution in [0.15, 0.2) is 41.5 Å². The summed E-state index contributed by atoms with van der Waals surface area (Å²) >= 11 is 1.65. The van der Waals surface area contributed by atoms with E-state index in [4.69, 9.17) is 9.47 Å². The average molecular weight is 373 g/mol. The summed E-state index contributed by atoms with van der Waals surface area (Å²) in [5, 5.41) is 5.25. The lowest BCUT2D eigenvalue weighted by Gasteiger charge is -2.27. The molecule has 2 aromatic rings. The number of amides is 1. The van der Waals surface area contributed by atoms with Crippen LogP contribution >= 0.6 is 11.3 Å². The fraction of sp³-hybridized carbons (Fsp3) is 0.368. The molecule has 0 radical (unpaired) electrons. The van der Waals surface area contributed by atoms with Crippen molar-refractivity contribution >= 4 is 28.5 Å². The summed E-state index contributed by atoms with van der Waals surface area (Å²) < 4.78 is 10.9. The van der Waals surface area contributed by atoms with E-state index >= 15 is 0 Å². The van der Waals surface area contributed by atoms with Crippen LogP contribution in [0.4, 0.5) is 5.00 Å². The van der Waals surface area contributed by atoms with Gasteiger partial charge >= 0.3 is 0 Å². The van der Waals surface area contributed by atoms with Gasteiger partial charge in [0.05, 0.1) is 30.5 Å². The molecule has 0 spiro atoms. The molecule has 1 aliphatic rings. The number of nitrogens with one attached hydrogen (secondary N) is 1. The Hall–Kier alpha value is -2.38. The van der Waals surface area contributed by atoms with Crippen molar-refractivity contribution in [1.29, 1.82) is 0 Å². The monoisotopic (exact) mass is 373 g/mol. The van der Waals surface area contributed by atoms with Gasteiger partial charge in [0.15, 0.2) is 0 Å². The third-order valence-electron chi connectivity index (χ3n) is 3.78. The standard InChI is InChI=1S/C19H23N3O3S/c1-14(2)25-16-5-3-15(4-6-16)19(23)21-20-13-17-7-8-18(26-17)22-9-11-24-12-10-22/h3-8,13-14H,9-12H2,1-2H3,(H,21,23)/b20-13-. The van der Waals surface area contributed by atoms with Crippen molar-refractivity contribution in [1.82, 2.24) is 5.43 Å². The molecule has 3 rings (SSSR count). The predicted octanol–water partition coefficient (Wildman–Crippen LogP) is 3.14. The average Bonchev–Trinajstić information content (AvgIpc) is 3.11. The molecule has 138 valence electrons. The smallest absolute Gasteiger partial charge is 0.271 e. The van der Waals surface area contributed by atoms with E-state index < -0.39 is 0 Å². The molecule has 0 atom stereocenters. The molecular formula is C19H23N3O3S. The van der Waals surface area contributed by atoms with Crippen molar-refractivity contribution < 1.29 is 14.3 Å². The minimum atomic E-state index is -0.248. The molecule has 0 saturated carbocycles. The Kier molecular flexibility index (Phi) is 6.25. The van der Waals surface area contributed by atoms with Gasteiger partial charge in [-0.2, -0.15) is 5.10 Å². The van der Waals surface area contributed by atoms with Crippen molar-refractivity contribution in [3.8, 4) is 5.75 Å². The molecule has 0 bridgehead atoms. The number of hydrogen-bond acceptors (Lipinski definition) is 6. The van der Waals surface area contributed by atoms with Gasteiger partial charge < -0.3 is 14.4 Å². The lowest BCUT2D eigenvalue weighted by molar-refractivity contribution is 0.0955. The summed E-state index contributed by atoms with van der Waals surface area (Å²) in [6, 6.07) is 11.1. The molecule has 26 heavy (non-hydrogen) atoms. The van der Waals surface area contributed by atoms with Crippen LogP contribution in [0, 0.1) is 0 Å². The predicted molar refractivity (Wildman–Crippen MR) is 105 cm³/mol. The van der Waals surface area contributed by atoms with Crippen LogP contribution in [0.25, 0.3) is 0 Å². The van der Waals surface area contributed by atoms with Gasteiger partial charge in [0.25, 0.3) is 5.91 Å². The van der Waals surface area contributed by atoms with E-state index in [-0.39, 0.29) is 12.0 Å². The van der Waals surface area contributed by atoms with E-state index in [9.17, 15) is 4.79 Å². The van der Waals surface area contributed by atoms with E-state index in [0.717, 1.165) is 36.9 Å². The van der Waals surface area contributed by atoms with Gasteiger partial charge in [0.2, 0.25) is 0 Å². The molecular weight excluding hydrogens is 350 g/mol. The molecule has 1 aromatic carbocycles. The molecule has 1 aliphatic heterocycles. The number of rotatable bonds is 6. The van der Waals surface area contributed by atoms with Crippen molar-refractivity contribution in [2.24, 2.45) is 5.10 Å². The van der Waals surface area contributed by atoms with Crippen LogP contribution in [-0.2, 0) is 4.74 Å². The Labute approximate surface area is 157 Å². The second kappa shape index (κ2) is 8.82. The first kappa shape index (κ1) is 18.4. The second-order valence-corrected chi connectivity index (χ2v) is 7.26. The fourth-order valence-corrected chi connectivity index (χ4v) is 3.47. The number of ether oxygens (including phenoxy) is 2. The van der Waals surface area contributed by atoms with Crippen molar-refractivity contribution in [3.05, 3.63) is 46.8 Å². The number of benzene rings is 1. The summed E-state index contributed by atoms with van der Waals surface area (Å²) in [6.45, 7) is 7.26. The molecule has 1 N–H and O–H groups in total. The summed E-state index contributed by atoms with van der Waals surface area (Å²) in [4.78, 5) is 15.4. The maximum Gasteiger partial charge on any atom is 0.271 e. The van der Waals surface area contributed by atoms with E-state index in [1.807, 2.05) is 19.9 Å². The molecule has 7 heteroatoms. The molecule has 2 heterocycles. The molecule has 1 amide bonds. The van der Waals surface area contributed by atoms with Crippen molar-refractivity contribution in [3.63, 3.8) is 0 Å². The zero-order valence-electron chi connectivity index (χ0n) is 15.0. The Balaban J connectivity index is 1.53. The molecule has 1 fully saturated rings. The third-order valence-corrected chi connectivity index (χ3v) is 4.86. The van der Waals surface area contributed by atoms with Gasteiger partial charge in [-0.05, 0) is 50.2 Å². The summed E-state index contributed by atoms with van der Waals surface area (Å²) in [6.07, 6.45) is 1.77. The first-order valence-corrected chi connectivity index (χ1v) is 9.46. The maximum atomic E-state index is 12.1. The van der Waals surface area contributed by atoms with Gasteiger partial charge in [-0.15, -0.1) is 11.3 Å². The molecule has 1 aromatic heterocycles. The molecule has 1 saturated heterocycles. The highest BCUT2D eigenvalue weighted by Crippen LogP contribution is 2.25. The van der Waals surface area contributed by atoms with Crippen LogP contribution in [-0.4, -0.2) is 44.5 Å². The molecule has 0 unspecified atom stereocenters. The number of carbonyl (C=O) groups excluding carboxylic acids is 1. The third kappa shape index (κ3) is 5.06. The number of thiophene rings is 1. The van der Waals surface area contributed by atoms with E-state index in [0.29, 0.717) is 5.56 Å². The largest absolute Gasteiger partial charge is 0.491 e. The quantitative estimate of drug-likeness (QED) is 0.624. The number of carbonyl (C=O) groups is 1. The fourth-order valence-electron chi connectivity index (χ4n) is 2.54. The number of nitrogens with zero attached hydrogens (tertiary/aromatic N) is 2. The number of hydrogen-bond donors (Lipinski definition) is 1. The highest BCUT2D eigenvalue weighted by atomic mass is 32.1. The van der Waals surface area contributed by atoms with Gasteiger partial charge in [-0.25, -0.2) is 5.43 Å². The first-order chi connectivity index (χ1) is 12.6. The minimum Gasteiger partial charge on any atom is -0.491 e. The van der Waals surface area contributed by atoms with E-state index in [1.165, 1.54) is 5.00 Å². The molecule has 6 nitrogen and oxygen atoms in total. The summed E-state index contributed by atoms with van der Waals surface area (Å²) in [5.41, 5.74) is 3.10. The Morgan fingerprint density at radius 3 is 2.65 bits per heavy atom. The lowest BCUT2D eigenvalue weighted by atomic mass is 10.2. The summed E-state index contributed by atoms with van der Waals surface area (Å²) in [5.74, 6) is 0.497. The Morgan fingerprint density at radius 2 is 1.96 bits per heavy atom. The molecule has 0 aliphatic carbocycles. The highest BCUT2D eigenvalue weighted by molar-refractivity contribution is 7.17. The SMILES string of the molecule is CC(C)Oc1ccc(C(=O)N/N=C\c2ccc(N3CCOCC3)s2)cc1. The van der Waals surface area contributed by atoms with E-state index in [1.54, 1.807) is 41.8 Å². The number of anilines is 1. The van der Waals surface area contributed by atoms with Crippen molar-refractivity contribution in [2.75, 3.05) is 31.2 Å². The number of hydrazone groups is 1. The zero-order chi connectivity index (χ0) is 18.4. The minimum absolute atomic E-state index is 0.104. The van der Waals surface area contributed by atoms with Crippen LogP contribution in [0.5, 0.6) is 5.75 Å². The second-order valence-electron chi connectivity index (χ2n) is 6.17. The first-order valence-electron chi connectivity index (χ1n) is 8.64. The van der Waals surface area contributed by atoms with Gasteiger partial charge in [0.1, 0.15) is 5.75 Å². The van der Waals surface area contributed by atoms with Crippen LogP contribution in [0.1, 0.15) is 29.1 Å². The zero-order valence-corrected chi connectivity index (χ0v) is 15.8. The van der Waals surface area contributed by atoms with Gasteiger partial charge in [0, 0.05) is 23.5 Å². The number of morpholine rings is 1. The van der Waals surface area contributed by atoms with Crippen LogP contribution in [0.3, 0.4) is 0 Å². The Morgan fingerprint density at radius 1 is 1.23 bits per heavy atom. The van der Waals surface area contributed by atoms with E-state index in [2.05, 4.69) is 21.5 Å². The van der Waals surface area contributed by atoms with Crippen LogP contribution in [0.2, 0.25) is 0 Å². The maximum absolute atomic E-state index is 12.1. The lowest BCUT2D eigenvalue weighted by Crippen LogP contribution is -2.35. The normalized spacial score (nSPS) is 14.8.